The molecule has 5 aromatic rings. The van der Waals surface area contributed by atoms with Crippen LogP contribution in [0, 0.1) is 0 Å². The minimum absolute atomic E-state index is 0.121. The number of hydrogen-bond acceptors (Lipinski definition) is 9. The van der Waals surface area contributed by atoms with Crippen molar-refractivity contribution in [1.29, 1.82) is 0 Å². The number of nitrogens with one attached hydrogen (secondary N) is 2. The summed E-state index contributed by atoms with van der Waals surface area (Å²) in [5.74, 6) is 2.47. The minimum atomic E-state index is -0.339. The second-order valence-corrected chi connectivity index (χ2v) is 14.1. The number of rotatable bonds is 9. The van der Waals surface area contributed by atoms with E-state index in [9.17, 15) is 9.90 Å². The van der Waals surface area contributed by atoms with Crippen molar-refractivity contribution < 1.29 is 19.4 Å². The second kappa shape index (κ2) is 14.0. The van der Waals surface area contributed by atoms with Gasteiger partial charge in [-0.15, -0.1) is 10.2 Å². The van der Waals surface area contributed by atoms with Gasteiger partial charge in [-0.3, -0.25) is 9.72 Å². The third-order valence-corrected chi connectivity index (χ3v) is 9.46. The lowest BCUT2D eigenvalue weighted by Crippen LogP contribution is -2.38. The lowest BCUT2D eigenvalue weighted by Gasteiger charge is -2.33. The van der Waals surface area contributed by atoms with Gasteiger partial charge in [0.2, 0.25) is 11.8 Å². The number of piperidine rings is 1. The predicted octanol–water partition coefficient (Wildman–Crippen LogP) is 6.13. The largest absolute Gasteiger partial charge is 0.484 e. The number of aromatic nitrogens is 6. The molecule has 262 valence electrons. The average Bonchev–Trinajstić information content (AvgIpc) is 3.73. The van der Waals surface area contributed by atoms with E-state index in [-0.39, 0.29) is 36.8 Å². The molecule has 0 bridgehead atoms. The molecule has 4 aromatic heterocycles. The summed E-state index contributed by atoms with van der Waals surface area (Å²) in [5, 5.41) is 29.2. The number of urea groups is 1. The molecule has 1 fully saturated rings. The van der Waals surface area contributed by atoms with Gasteiger partial charge >= 0.3 is 6.03 Å². The highest BCUT2D eigenvalue weighted by Crippen LogP contribution is 2.39. The Morgan fingerprint density at radius 3 is 2.66 bits per heavy atom. The zero-order valence-electron chi connectivity index (χ0n) is 29.0. The summed E-state index contributed by atoms with van der Waals surface area (Å²) in [4.78, 5) is 20.2. The molecular weight excluding hydrogens is 634 g/mol. The SMILES string of the molecule is CC1CCCCN1c1nnc2ccc(O[C@@H]3CC[C@H](NC(=O)Nc4cc(C(C)(C)C)nn4-c4ccnc(OCCO)c4)c4ccccc43)cn12. The van der Waals surface area contributed by atoms with Gasteiger partial charge in [-0.25, -0.2) is 14.5 Å². The van der Waals surface area contributed by atoms with Crippen molar-refractivity contribution in [3.8, 4) is 17.3 Å². The Kier molecular flexibility index (Phi) is 9.32. The van der Waals surface area contributed by atoms with E-state index in [1.807, 2.05) is 40.9 Å². The molecule has 1 aliphatic heterocycles. The van der Waals surface area contributed by atoms with Crippen LogP contribution in [0.4, 0.5) is 16.6 Å². The molecule has 13 heteroatoms. The molecule has 3 atom stereocenters. The zero-order chi connectivity index (χ0) is 34.8. The Morgan fingerprint density at radius 1 is 1.02 bits per heavy atom. The molecule has 2 amide bonds. The normalized spacial score (nSPS) is 19.2. The maximum atomic E-state index is 13.6. The van der Waals surface area contributed by atoms with Crippen LogP contribution in [0.25, 0.3) is 11.3 Å². The van der Waals surface area contributed by atoms with E-state index in [4.69, 9.17) is 14.6 Å². The topological polar surface area (TPSA) is 144 Å². The first-order chi connectivity index (χ1) is 24.2. The van der Waals surface area contributed by atoms with Crippen LogP contribution < -0.4 is 25.0 Å². The highest BCUT2D eigenvalue weighted by molar-refractivity contribution is 5.89. The smallest absolute Gasteiger partial charge is 0.320 e. The first kappa shape index (κ1) is 33.3. The van der Waals surface area contributed by atoms with Crippen molar-refractivity contribution in [3.63, 3.8) is 0 Å². The molecule has 0 saturated carbocycles. The summed E-state index contributed by atoms with van der Waals surface area (Å²) in [6.45, 7) is 9.43. The summed E-state index contributed by atoms with van der Waals surface area (Å²) < 4.78 is 15.9. The fourth-order valence-corrected chi connectivity index (χ4v) is 6.81. The van der Waals surface area contributed by atoms with Crippen LogP contribution in [0.5, 0.6) is 11.6 Å². The standard InChI is InChI=1S/C37H45N9O4/c1-24-9-7-8-18-44(24)36-42-41-32-15-12-26(23-45(32)36)50-30-14-13-29(27-10-5-6-11-28(27)30)39-35(48)40-33-22-31(37(2,3)4)43-46(33)25-16-17-38-34(21-25)49-20-19-47/h5-6,10-12,15-17,21-24,29-30,47H,7-9,13-14,18-20H2,1-4H3,(H2,39,40,48)/t24?,29-,30+/m0/s1. The van der Waals surface area contributed by atoms with E-state index in [0.717, 1.165) is 60.0 Å². The molecule has 50 heavy (non-hydrogen) atoms. The lowest BCUT2D eigenvalue weighted by atomic mass is 9.85. The Hall–Kier alpha value is -5.17. The summed E-state index contributed by atoms with van der Waals surface area (Å²) in [5.41, 5.74) is 4.09. The van der Waals surface area contributed by atoms with Crippen LogP contribution in [-0.4, -0.2) is 66.3 Å². The Labute approximate surface area is 291 Å². The summed E-state index contributed by atoms with van der Waals surface area (Å²) in [7, 11) is 0. The number of hydrogen-bond donors (Lipinski definition) is 3. The number of anilines is 2. The number of benzene rings is 1. The number of carbonyl (C=O) groups excluding carboxylic acids is 1. The molecule has 1 saturated heterocycles. The van der Waals surface area contributed by atoms with Gasteiger partial charge in [0.25, 0.3) is 0 Å². The number of fused-ring (bicyclic) bond motifs is 2. The van der Waals surface area contributed by atoms with Gasteiger partial charge in [0.15, 0.2) is 5.65 Å². The van der Waals surface area contributed by atoms with E-state index < -0.39 is 0 Å². The number of carbonyl (C=O) groups is 1. The maximum absolute atomic E-state index is 13.6. The average molecular weight is 680 g/mol. The predicted molar refractivity (Wildman–Crippen MR) is 190 cm³/mol. The minimum Gasteiger partial charge on any atom is -0.484 e. The van der Waals surface area contributed by atoms with Crippen molar-refractivity contribution in [2.45, 2.75) is 83.4 Å². The highest BCUT2D eigenvalue weighted by Gasteiger charge is 2.31. The number of nitrogens with zero attached hydrogens (tertiary/aromatic N) is 7. The Balaban J connectivity index is 1.08. The van der Waals surface area contributed by atoms with E-state index in [0.29, 0.717) is 29.8 Å². The van der Waals surface area contributed by atoms with Crippen molar-refractivity contribution in [2.75, 3.05) is 30.0 Å². The Bertz CT molecular complexity index is 1970. The monoisotopic (exact) mass is 679 g/mol. The molecule has 0 spiro atoms. The van der Waals surface area contributed by atoms with Gasteiger partial charge in [-0.2, -0.15) is 5.10 Å². The number of pyridine rings is 2. The third-order valence-electron chi connectivity index (χ3n) is 9.46. The van der Waals surface area contributed by atoms with Crippen LogP contribution >= 0.6 is 0 Å². The van der Waals surface area contributed by atoms with Gasteiger partial charge in [0.05, 0.1) is 30.2 Å². The number of ether oxygens (including phenoxy) is 2. The van der Waals surface area contributed by atoms with Gasteiger partial charge in [-0.05, 0) is 68.4 Å². The second-order valence-electron chi connectivity index (χ2n) is 14.1. The first-order valence-electron chi connectivity index (χ1n) is 17.4. The van der Waals surface area contributed by atoms with Gasteiger partial charge < -0.3 is 24.8 Å². The molecule has 3 N–H and O–H groups in total. The quantitative estimate of drug-likeness (QED) is 0.168. The maximum Gasteiger partial charge on any atom is 0.320 e. The molecule has 0 radical (unpaired) electrons. The molecule has 5 heterocycles. The summed E-state index contributed by atoms with van der Waals surface area (Å²) >= 11 is 0. The Morgan fingerprint density at radius 2 is 1.86 bits per heavy atom. The number of amides is 2. The number of aliphatic hydroxyl groups is 1. The zero-order valence-corrected chi connectivity index (χ0v) is 29.0. The fourth-order valence-electron chi connectivity index (χ4n) is 6.81. The molecule has 1 unspecified atom stereocenters. The van der Waals surface area contributed by atoms with Gasteiger partial charge in [0.1, 0.15) is 24.3 Å². The van der Waals surface area contributed by atoms with E-state index in [1.54, 1.807) is 23.0 Å². The van der Waals surface area contributed by atoms with Crippen molar-refractivity contribution >= 4 is 23.4 Å². The van der Waals surface area contributed by atoms with Crippen molar-refractivity contribution in [1.82, 2.24) is 34.7 Å². The molecule has 1 aromatic carbocycles. The molecular formula is C37H45N9O4. The summed E-state index contributed by atoms with van der Waals surface area (Å²) in [6.07, 6.45) is 8.37. The van der Waals surface area contributed by atoms with Crippen LogP contribution in [0.15, 0.2) is 67.0 Å². The van der Waals surface area contributed by atoms with Crippen LogP contribution in [0.2, 0.25) is 0 Å². The molecule has 2 aliphatic rings. The molecule has 1 aliphatic carbocycles. The van der Waals surface area contributed by atoms with Crippen LogP contribution in [0.1, 0.15) is 88.8 Å². The molecule has 13 nitrogen and oxygen atoms in total. The first-order valence-corrected chi connectivity index (χ1v) is 17.4. The van der Waals surface area contributed by atoms with E-state index in [1.165, 1.54) is 6.42 Å². The van der Waals surface area contributed by atoms with Crippen LogP contribution in [-0.2, 0) is 5.41 Å². The van der Waals surface area contributed by atoms with Crippen molar-refractivity contribution in [3.05, 3.63) is 83.8 Å². The fraction of sp³-hybridized carbons (Fsp3) is 0.432. The van der Waals surface area contributed by atoms with Gasteiger partial charge in [-0.1, -0.05) is 45.0 Å². The lowest BCUT2D eigenvalue weighted by molar-refractivity contribution is 0.171. The number of aliphatic hydroxyl groups excluding tert-OH is 1. The van der Waals surface area contributed by atoms with E-state index in [2.05, 4.69) is 70.5 Å². The highest BCUT2D eigenvalue weighted by atomic mass is 16.5. The molecule has 7 rings (SSSR count). The van der Waals surface area contributed by atoms with Crippen LogP contribution in [0.3, 0.4) is 0 Å². The van der Waals surface area contributed by atoms with Crippen molar-refractivity contribution in [2.24, 2.45) is 0 Å². The third kappa shape index (κ3) is 6.95. The summed E-state index contributed by atoms with van der Waals surface area (Å²) in [6, 6.07) is 17.3. The van der Waals surface area contributed by atoms with Gasteiger partial charge in [0, 0.05) is 36.3 Å². The van der Waals surface area contributed by atoms with E-state index >= 15 is 0 Å².